The van der Waals surface area contributed by atoms with Crippen molar-refractivity contribution in [1.29, 1.82) is 0 Å². The summed E-state index contributed by atoms with van der Waals surface area (Å²) in [5.41, 5.74) is 0. The van der Waals surface area contributed by atoms with Gasteiger partial charge in [0.25, 0.3) is 0 Å². The van der Waals surface area contributed by atoms with Crippen LogP contribution in [-0.2, 0) is 9.53 Å². The minimum absolute atomic E-state index is 0. The Kier molecular flexibility index (Phi) is 8.61. The van der Waals surface area contributed by atoms with E-state index in [1.165, 1.54) is 0 Å². The summed E-state index contributed by atoms with van der Waals surface area (Å²) in [6.45, 7) is 8.19. The van der Waals surface area contributed by atoms with Crippen LogP contribution in [0.5, 0.6) is 0 Å². The van der Waals surface area contributed by atoms with Crippen LogP contribution in [0.3, 0.4) is 0 Å². The lowest BCUT2D eigenvalue weighted by Crippen LogP contribution is -2.50. The fourth-order valence-corrected chi connectivity index (χ4v) is 1.32. The molecule has 1 rings (SSSR count). The largest absolute Gasteiger partial charge is 0.381 e. The summed E-state index contributed by atoms with van der Waals surface area (Å²) in [5.74, 6) is 0.958. The van der Waals surface area contributed by atoms with Gasteiger partial charge in [0.15, 0.2) is 0 Å². The van der Waals surface area contributed by atoms with E-state index >= 15 is 0 Å². The maximum absolute atomic E-state index is 11.4. The summed E-state index contributed by atoms with van der Waals surface area (Å²) in [6, 6.07) is 0. The molecule has 4 nitrogen and oxygen atoms in total. The molecule has 0 saturated carbocycles. The molecule has 1 aliphatic heterocycles. The van der Waals surface area contributed by atoms with Gasteiger partial charge in [-0.2, -0.15) is 0 Å². The number of carbonyl (C=O) groups is 1. The van der Waals surface area contributed by atoms with Gasteiger partial charge in [0, 0.05) is 32.8 Å². The number of nitrogens with one attached hydrogen (secondary N) is 2. The average Bonchev–Trinajstić information content (AvgIpc) is 2.07. The molecule has 2 N–H and O–H groups in total. The van der Waals surface area contributed by atoms with Crippen molar-refractivity contribution in [3.63, 3.8) is 0 Å². The highest BCUT2D eigenvalue weighted by atomic mass is 35.5. The summed E-state index contributed by atoms with van der Waals surface area (Å²) in [7, 11) is 0. The molecule has 0 spiro atoms. The first-order chi connectivity index (χ1) is 7.20. The van der Waals surface area contributed by atoms with E-state index in [-0.39, 0.29) is 24.2 Å². The van der Waals surface area contributed by atoms with E-state index in [1.807, 2.05) is 0 Å². The van der Waals surface area contributed by atoms with E-state index in [0.717, 1.165) is 39.3 Å². The number of amides is 1. The topological polar surface area (TPSA) is 50.4 Å². The average molecular weight is 251 g/mol. The molecule has 96 valence electrons. The van der Waals surface area contributed by atoms with Gasteiger partial charge >= 0.3 is 0 Å². The Morgan fingerprint density at radius 2 is 2.19 bits per heavy atom. The number of carbonyl (C=O) groups excluding carboxylic acids is 1. The van der Waals surface area contributed by atoms with Crippen LogP contribution < -0.4 is 10.6 Å². The van der Waals surface area contributed by atoms with Gasteiger partial charge in [-0.3, -0.25) is 4.79 Å². The van der Waals surface area contributed by atoms with Gasteiger partial charge in [-0.05, 0) is 12.3 Å². The van der Waals surface area contributed by atoms with E-state index < -0.39 is 0 Å². The van der Waals surface area contributed by atoms with Crippen molar-refractivity contribution in [2.45, 2.75) is 20.3 Å². The molecule has 0 radical (unpaired) electrons. The monoisotopic (exact) mass is 250 g/mol. The zero-order chi connectivity index (χ0) is 11.1. The first-order valence-electron chi connectivity index (χ1n) is 5.76. The molecule has 1 aliphatic rings. The molecule has 0 atom stereocenters. The second-order valence-corrected chi connectivity index (χ2v) is 4.47. The highest BCUT2D eigenvalue weighted by Gasteiger charge is 2.23. The van der Waals surface area contributed by atoms with Crippen LogP contribution in [0.2, 0.25) is 0 Å². The molecule has 0 aromatic carbocycles. The number of ether oxygens (including phenoxy) is 1. The third-order valence-electron chi connectivity index (χ3n) is 2.37. The summed E-state index contributed by atoms with van der Waals surface area (Å²) < 4.78 is 5.41. The van der Waals surface area contributed by atoms with Crippen molar-refractivity contribution in [3.8, 4) is 0 Å². The molecule has 1 amide bonds. The molecular formula is C11H23ClN2O2. The molecule has 16 heavy (non-hydrogen) atoms. The van der Waals surface area contributed by atoms with Gasteiger partial charge < -0.3 is 15.4 Å². The van der Waals surface area contributed by atoms with Gasteiger partial charge in [0.2, 0.25) is 5.91 Å². The second-order valence-electron chi connectivity index (χ2n) is 4.47. The van der Waals surface area contributed by atoms with E-state index in [4.69, 9.17) is 4.74 Å². The highest BCUT2D eigenvalue weighted by molar-refractivity contribution is 5.85. The fourth-order valence-electron chi connectivity index (χ4n) is 1.32. The zero-order valence-corrected chi connectivity index (χ0v) is 10.9. The molecule has 1 heterocycles. The Morgan fingerprint density at radius 1 is 1.50 bits per heavy atom. The van der Waals surface area contributed by atoms with Gasteiger partial charge in [-0.25, -0.2) is 0 Å². The van der Waals surface area contributed by atoms with Gasteiger partial charge in [-0.1, -0.05) is 13.8 Å². The Morgan fingerprint density at radius 3 is 2.69 bits per heavy atom. The SMILES string of the molecule is CC(C)COCCCNC(=O)C1CNC1.Cl. The Bertz CT molecular complexity index is 196. The first kappa shape index (κ1) is 15.7. The standard InChI is InChI=1S/C11H22N2O2.ClH/c1-9(2)8-15-5-3-4-13-11(14)10-6-12-7-10;/h9-10,12H,3-8H2,1-2H3,(H,13,14);1H. The number of halogens is 1. The normalized spacial score (nSPS) is 15.4. The zero-order valence-electron chi connectivity index (χ0n) is 10.1. The van der Waals surface area contributed by atoms with Crippen LogP contribution in [0.4, 0.5) is 0 Å². The van der Waals surface area contributed by atoms with Gasteiger partial charge in [-0.15, -0.1) is 12.4 Å². The van der Waals surface area contributed by atoms with E-state index in [2.05, 4.69) is 24.5 Å². The van der Waals surface area contributed by atoms with Crippen molar-refractivity contribution in [1.82, 2.24) is 10.6 Å². The molecule has 0 unspecified atom stereocenters. The van der Waals surface area contributed by atoms with Crippen LogP contribution in [0.15, 0.2) is 0 Å². The van der Waals surface area contributed by atoms with Crippen molar-refractivity contribution >= 4 is 18.3 Å². The Balaban J connectivity index is 0.00000225. The van der Waals surface area contributed by atoms with E-state index in [9.17, 15) is 4.79 Å². The van der Waals surface area contributed by atoms with E-state index in [1.54, 1.807) is 0 Å². The molecular weight excluding hydrogens is 228 g/mol. The minimum Gasteiger partial charge on any atom is -0.381 e. The van der Waals surface area contributed by atoms with Crippen molar-refractivity contribution in [3.05, 3.63) is 0 Å². The van der Waals surface area contributed by atoms with E-state index in [0.29, 0.717) is 5.92 Å². The molecule has 0 aliphatic carbocycles. The molecule has 0 aromatic heterocycles. The van der Waals surface area contributed by atoms with Crippen LogP contribution in [0.25, 0.3) is 0 Å². The van der Waals surface area contributed by atoms with Gasteiger partial charge in [0.05, 0.1) is 5.92 Å². The van der Waals surface area contributed by atoms with Crippen molar-refractivity contribution in [2.24, 2.45) is 11.8 Å². The number of hydrogen-bond donors (Lipinski definition) is 2. The lowest BCUT2D eigenvalue weighted by molar-refractivity contribution is -0.126. The lowest BCUT2D eigenvalue weighted by atomic mass is 10.0. The maximum Gasteiger partial charge on any atom is 0.225 e. The van der Waals surface area contributed by atoms with Crippen molar-refractivity contribution in [2.75, 3.05) is 32.8 Å². The molecule has 0 aromatic rings. The van der Waals surface area contributed by atoms with Crippen LogP contribution >= 0.6 is 12.4 Å². The van der Waals surface area contributed by atoms with Crippen molar-refractivity contribution < 1.29 is 9.53 Å². The third-order valence-corrected chi connectivity index (χ3v) is 2.37. The first-order valence-corrected chi connectivity index (χ1v) is 5.76. The predicted octanol–water partition coefficient (Wildman–Crippen LogP) is 0.806. The van der Waals surface area contributed by atoms with Crippen LogP contribution in [0.1, 0.15) is 20.3 Å². The Hall–Kier alpha value is -0.320. The highest BCUT2D eigenvalue weighted by Crippen LogP contribution is 2.01. The molecule has 5 heteroatoms. The summed E-state index contributed by atoms with van der Waals surface area (Å²) in [4.78, 5) is 11.4. The summed E-state index contributed by atoms with van der Waals surface area (Å²) in [5, 5.41) is 5.99. The summed E-state index contributed by atoms with van der Waals surface area (Å²) >= 11 is 0. The smallest absolute Gasteiger partial charge is 0.225 e. The number of hydrogen-bond acceptors (Lipinski definition) is 3. The van der Waals surface area contributed by atoms with Crippen LogP contribution in [-0.4, -0.2) is 38.8 Å². The minimum atomic E-state index is 0. The second kappa shape index (κ2) is 8.79. The summed E-state index contributed by atoms with van der Waals surface area (Å²) in [6.07, 6.45) is 0.901. The van der Waals surface area contributed by atoms with Crippen LogP contribution in [0, 0.1) is 11.8 Å². The molecule has 0 bridgehead atoms. The maximum atomic E-state index is 11.4. The quantitative estimate of drug-likeness (QED) is 0.658. The molecule has 1 fully saturated rings. The molecule has 1 saturated heterocycles. The number of rotatable bonds is 7. The van der Waals surface area contributed by atoms with Gasteiger partial charge in [0.1, 0.15) is 0 Å². The Labute approximate surface area is 104 Å². The third kappa shape index (κ3) is 6.30. The predicted molar refractivity (Wildman–Crippen MR) is 66.9 cm³/mol. The lowest BCUT2D eigenvalue weighted by Gasteiger charge is -2.25. The fraction of sp³-hybridized carbons (Fsp3) is 0.909.